The first-order valence-corrected chi connectivity index (χ1v) is 10.0. The first-order valence-electron chi connectivity index (χ1n) is 9.14. The number of carbonyl (C=O) groups excluding carboxylic acids is 1. The van der Waals surface area contributed by atoms with Crippen molar-refractivity contribution in [2.45, 2.75) is 19.8 Å². The first kappa shape index (κ1) is 18.2. The largest absolute Gasteiger partial charge is 0.493 e. The van der Waals surface area contributed by atoms with Crippen LogP contribution in [0.3, 0.4) is 0 Å². The Hall–Kier alpha value is -3.19. The van der Waals surface area contributed by atoms with E-state index in [0.29, 0.717) is 12.6 Å². The molecule has 2 heterocycles. The van der Waals surface area contributed by atoms with Gasteiger partial charge < -0.3 is 4.74 Å². The molecule has 0 aliphatic carbocycles. The molecule has 4 rings (SSSR count). The van der Waals surface area contributed by atoms with E-state index in [1.165, 1.54) is 16.9 Å². The molecule has 0 atom stereocenters. The van der Waals surface area contributed by atoms with Crippen molar-refractivity contribution in [3.8, 4) is 17.0 Å². The third-order valence-electron chi connectivity index (χ3n) is 4.33. The van der Waals surface area contributed by atoms with Gasteiger partial charge in [-0.15, -0.1) is 16.4 Å². The Balaban J connectivity index is 1.35. The molecule has 1 N–H and O–H groups in total. The second-order valence-corrected chi connectivity index (χ2v) is 7.10. The summed E-state index contributed by atoms with van der Waals surface area (Å²) in [6.45, 7) is 2.41. The number of rotatable bonds is 7. The molecule has 6 nitrogen and oxygen atoms in total. The second-order valence-electron chi connectivity index (χ2n) is 6.26. The van der Waals surface area contributed by atoms with Crippen LogP contribution in [0, 0.1) is 0 Å². The molecule has 0 bridgehead atoms. The monoisotopic (exact) mass is 392 g/mol. The summed E-state index contributed by atoms with van der Waals surface area (Å²) in [5.41, 5.74) is 3.26. The van der Waals surface area contributed by atoms with Crippen LogP contribution in [0.5, 0.6) is 5.75 Å². The van der Waals surface area contributed by atoms with Crippen LogP contribution in [0.4, 0.5) is 5.95 Å². The molecule has 4 aromatic rings. The van der Waals surface area contributed by atoms with Crippen molar-refractivity contribution < 1.29 is 9.53 Å². The molecule has 0 radical (unpaired) electrons. The summed E-state index contributed by atoms with van der Waals surface area (Å²) in [4.78, 5) is 17.3. The van der Waals surface area contributed by atoms with Gasteiger partial charge in [-0.2, -0.15) is 4.98 Å². The van der Waals surface area contributed by atoms with Gasteiger partial charge in [0.1, 0.15) is 5.75 Å². The molecule has 0 saturated heterocycles. The van der Waals surface area contributed by atoms with Gasteiger partial charge in [-0.3, -0.25) is 10.1 Å². The van der Waals surface area contributed by atoms with Crippen LogP contribution in [0.15, 0.2) is 60.0 Å². The van der Waals surface area contributed by atoms with E-state index in [4.69, 9.17) is 4.74 Å². The van der Waals surface area contributed by atoms with Crippen molar-refractivity contribution in [1.29, 1.82) is 0 Å². The highest BCUT2D eigenvalue weighted by Gasteiger charge is 2.13. The molecule has 0 unspecified atom stereocenters. The van der Waals surface area contributed by atoms with Crippen molar-refractivity contribution in [3.05, 3.63) is 65.5 Å². The summed E-state index contributed by atoms with van der Waals surface area (Å²) in [6, 6.07) is 17.9. The number of nitrogens with zero attached hydrogens (tertiary/aromatic N) is 3. The van der Waals surface area contributed by atoms with Gasteiger partial charge in [0.25, 0.3) is 0 Å². The molecular weight excluding hydrogens is 372 g/mol. The summed E-state index contributed by atoms with van der Waals surface area (Å²) in [7, 11) is 0. The summed E-state index contributed by atoms with van der Waals surface area (Å²) in [5, 5.41) is 9.17. The van der Waals surface area contributed by atoms with E-state index in [-0.39, 0.29) is 12.3 Å². The van der Waals surface area contributed by atoms with Crippen molar-refractivity contribution in [3.63, 3.8) is 0 Å². The third-order valence-corrected chi connectivity index (χ3v) is 5.15. The Kier molecular flexibility index (Phi) is 5.34. The molecule has 7 heteroatoms. The lowest BCUT2D eigenvalue weighted by molar-refractivity contribution is -0.116. The van der Waals surface area contributed by atoms with Gasteiger partial charge in [-0.05, 0) is 24.1 Å². The fourth-order valence-corrected chi connectivity index (χ4v) is 3.64. The lowest BCUT2D eigenvalue weighted by Gasteiger charge is -2.06. The van der Waals surface area contributed by atoms with Gasteiger partial charge in [-0.1, -0.05) is 49.4 Å². The molecule has 142 valence electrons. The number of aromatic nitrogens is 3. The number of amides is 1. The van der Waals surface area contributed by atoms with Crippen LogP contribution in [-0.4, -0.2) is 27.1 Å². The van der Waals surface area contributed by atoms with Crippen LogP contribution in [-0.2, 0) is 11.2 Å². The van der Waals surface area contributed by atoms with Crippen molar-refractivity contribution in [2.75, 3.05) is 11.9 Å². The van der Waals surface area contributed by atoms with Crippen LogP contribution in [0.25, 0.3) is 16.2 Å². The first-order chi connectivity index (χ1) is 13.7. The van der Waals surface area contributed by atoms with Crippen LogP contribution in [0.2, 0.25) is 0 Å². The topological polar surface area (TPSA) is 68.5 Å². The number of hydrogen-bond acceptors (Lipinski definition) is 5. The lowest BCUT2D eigenvalue weighted by atomic mass is 10.2. The maximum Gasteiger partial charge on any atom is 0.250 e. The summed E-state index contributed by atoms with van der Waals surface area (Å²) in [6.07, 6.45) is 1.22. The number of ether oxygens (including phenoxy) is 1. The lowest BCUT2D eigenvalue weighted by Crippen LogP contribution is -2.16. The number of thiazole rings is 1. The Morgan fingerprint density at radius 2 is 1.93 bits per heavy atom. The Bertz CT molecular complexity index is 1070. The fourth-order valence-electron chi connectivity index (χ4n) is 2.81. The molecule has 0 fully saturated rings. The van der Waals surface area contributed by atoms with Crippen molar-refractivity contribution in [2.24, 2.45) is 0 Å². The predicted molar refractivity (Wildman–Crippen MR) is 111 cm³/mol. The van der Waals surface area contributed by atoms with Gasteiger partial charge in [0.05, 0.1) is 18.7 Å². The van der Waals surface area contributed by atoms with Gasteiger partial charge in [0.15, 0.2) is 0 Å². The molecule has 28 heavy (non-hydrogen) atoms. The summed E-state index contributed by atoms with van der Waals surface area (Å²) in [5.74, 6) is 0.893. The van der Waals surface area contributed by atoms with Crippen molar-refractivity contribution >= 4 is 28.2 Å². The van der Waals surface area contributed by atoms with Gasteiger partial charge >= 0.3 is 0 Å². The summed E-state index contributed by atoms with van der Waals surface area (Å²) < 4.78 is 7.38. The molecule has 0 aliphatic rings. The number of anilines is 1. The third kappa shape index (κ3) is 4.04. The van der Waals surface area contributed by atoms with E-state index >= 15 is 0 Å². The maximum absolute atomic E-state index is 12.2. The predicted octanol–water partition coefficient (Wildman–Crippen LogP) is 4.43. The minimum absolute atomic E-state index is 0.176. The molecular formula is C21H20N4O2S. The minimum Gasteiger partial charge on any atom is -0.493 e. The standard InChI is InChI=1S/C21H20N4O2S/c1-2-15-8-10-17(11-9-15)27-13-12-19(26)22-20-23-21-25(24-20)18(14-28-21)16-6-4-3-5-7-16/h3-11,14H,2,12-13H2,1H3,(H,22,24,26). The molecule has 2 aromatic heterocycles. The Labute approximate surface area is 166 Å². The molecule has 1 amide bonds. The zero-order chi connectivity index (χ0) is 19.3. The SMILES string of the molecule is CCc1ccc(OCCC(=O)Nc2nc3scc(-c4ccccc4)n3n2)cc1. The number of benzene rings is 2. The fraction of sp³-hybridized carbons (Fsp3) is 0.190. The molecule has 0 spiro atoms. The zero-order valence-electron chi connectivity index (χ0n) is 15.5. The van der Waals surface area contributed by atoms with E-state index in [1.807, 2.05) is 60.0 Å². The highest BCUT2D eigenvalue weighted by molar-refractivity contribution is 7.15. The quantitative estimate of drug-likeness (QED) is 0.505. The average molecular weight is 392 g/mol. The number of fused-ring (bicyclic) bond motifs is 1. The van der Waals surface area contributed by atoms with E-state index in [1.54, 1.807) is 4.52 Å². The van der Waals surface area contributed by atoms with Crippen LogP contribution < -0.4 is 10.1 Å². The summed E-state index contributed by atoms with van der Waals surface area (Å²) >= 11 is 1.49. The smallest absolute Gasteiger partial charge is 0.250 e. The second kappa shape index (κ2) is 8.22. The van der Waals surface area contributed by atoms with E-state index in [2.05, 4.69) is 22.3 Å². The Morgan fingerprint density at radius 1 is 1.14 bits per heavy atom. The van der Waals surface area contributed by atoms with E-state index < -0.39 is 0 Å². The van der Waals surface area contributed by atoms with Crippen LogP contribution >= 0.6 is 11.3 Å². The number of aryl methyl sites for hydroxylation is 1. The van der Waals surface area contributed by atoms with Gasteiger partial charge in [0, 0.05) is 10.9 Å². The average Bonchev–Trinajstić information content (AvgIpc) is 3.29. The number of nitrogens with one attached hydrogen (secondary N) is 1. The highest BCUT2D eigenvalue weighted by atomic mass is 32.1. The molecule has 0 saturated carbocycles. The van der Waals surface area contributed by atoms with Gasteiger partial charge in [0.2, 0.25) is 16.8 Å². The molecule has 2 aromatic carbocycles. The van der Waals surface area contributed by atoms with Crippen molar-refractivity contribution in [1.82, 2.24) is 14.6 Å². The molecule has 0 aliphatic heterocycles. The van der Waals surface area contributed by atoms with Gasteiger partial charge in [-0.25, -0.2) is 4.52 Å². The highest BCUT2D eigenvalue weighted by Crippen LogP contribution is 2.25. The number of hydrogen-bond donors (Lipinski definition) is 1. The number of carbonyl (C=O) groups is 1. The maximum atomic E-state index is 12.2. The van der Waals surface area contributed by atoms with Crippen LogP contribution in [0.1, 0.15) is 18.9 Å². The minimum atomic E-state index is -0.176. The van der Waals surface area contributed by atoms with E-state index in [0.717, 1.165) is 28.4 Å². The van der Waals surface area contributed by atoms with E-state index in [9.17, 15) is 4.79 Å². The zero-order valence-corrected chi connectivity index (χ0v) is 16.3. The normalized spacial score (nSPS) is 10.9. The Morgan fingerprint density at radius 3 is 2.68 bits per heavy atom.